The normalized spacial score (nSPS) is 12.1. The average Bonchev–Trinajstić information content (AvgIpc) is 2.77. The minimum absolute atomic E-state index is 0.0543. The standard InChI is InChI=1S/C13H12BrNO2S/c14-10-6-12(18-8-10)11(7-15-13(16)17)9-4-2-1-3-5-9/h1-6,8,11,15H,7H2,(H,16,17). The molecule has 0 aliphatic carbocycles. The van der Waals surface area contributed by atoms with Crippen LogP contribution in [0.4, 0.5) is 4.79 Å². The first-order chi connectivity index (χ1) is 8.66. The molecule has 3 nitrogen and oxygen atoms in total. The molecule has 0 radical (unpaired) electrons. The van der Waals surface area contributed by atoms with Gasteiger partial charge in [0.1, 0.15) is 0 Å². The van der Waals surface area contributed by atoms with Crippen molar-refractivity contribution in [3.05, 3.63) is 56.7 Å². The summed E-state index contributed by atoms with van der Waals surface area (Å²) in [5.41, 5.74) is 1.11. The van der Waals surface area contributed by atoms with E-state index in [-0.39, 0.29) is 5.92 Å². The molecule has 5 heteroatoms. The number of thiophene rings is 1. The van der Waals surface area contributed by atoms with E-state index in [0.717, 1.165) is 14.9 Å². The summed E-state index contributed by atoms with van der Waals surface area (Å²) >= 11 is 5.05. The molecule has 1 aromatic heterocycles. The van der Waals surface area contributed by atoms with Gasteiger partial charge in [0.25, 0.3) is 0 Å². The monoisotopic (exact) mass is 325 g/mol. The quantitative estimate of drug-likeness (QED) is 0.895. The maximum Gasteiger partial charge on any atom is 0.404 e. The third-order valence-corrected chi connectivity index (χ3v) is 4.40. The third kappa shape index (κ3) is 3.34. The molecular formula is C13H12BrNO2S. The molecule has 1 atom stereocenters. The smallest absolute Gasteiger partial charge is 0.404 e. The highest BCUT2D eigenvalue weighted by Gasteiger charge is 2.16. The van der Waals surface area contributed by atoms with Gasteiger partial charge in [-0.15, -0.1) is 11.3 Å². The van der Waals surface area contributed by atoms with Gasteiger partial charge in [0.05, 0.1) is 0 Å². The fourth-order valence-corrected chi connectivity index (χ4v) is 3.34. The van der Waals surface area contributed by atoms with Crippen LogP contribution in [0.5, 0.6) is 0 Å². The van der Waals surface area contributed by atoms with E-state index in [0.29, 0.717) is 6.54 Å². The Bertz CT molecular complexity index is 527. The SMILES string of the molecule is O=C(O)NCC(c1ccccc1)c1cc(Br)cs1. The number of benzene rings is 1. The lowest BCUT2D eigenvalue weighted by Gasteiger charge is -2.15. The molecule has 1 unspecified atom stereocenters. The van der Waals surface area contributed by atoms with Crippen molar-refractivity contribution in [2.24, 2.45) is 0 Å². The van der Waals surface area contributed by atoms with Gasteiger partial charge in [-0.05, 0) is 27.6 Å². The molecule has 2 N–H and O–H groups in total. The van der Waals surface area contributed by atoms with E-state index in [2.05, 4.69) is 21.2 Å². The van der Waals surface area contributed by atoms with Crippen LogP contribution in [0, 0.1) is 0 Å². The van der Waals surface area contributed by atoms with Gasteiger partial charge in [-0.25, -0.2) is 4.79 Å². The second kappa shape index (κ2) is 6.02. The summed E-state index contributed by atoms with van der Waals surface area (Å²) < 4.78 is 1.03. The zero-order chi connectivity index (χ0) is 13.0. The van der Waals surface area contributed by atoms with Gasteiger partial charge in [0.2, 0.25) is 0 Å². The molecule has 0 bridgehead atoms. The summed E-state index contributed by atoms with van der Waals surface area (Å²) in [5, 5.41) is 13.2. The van der Waals surface area contributed by atoms with Gasteiger partial charge in [0, 0.05) is 27.2 Å². The van der Waals surface area contributed by atoms with E-state index in [1.54, 1.807) is 11.3 Å². The average molecular weight is 326 g/mol. The van der Waals surface area contributed by atoms with Crippen LogP contribution in [0.3, 0.4) is 0 Å². The molecule has 1 aromatic carbocycles. The van der Waals surface area contributed by atoms with Crippen LogP contribution in [0.15, 0.2) is 46.3 Å². The predicted octanol–water partition coefficient (Wildman–Crippen LogP) is 3.91. The molecule has 2 rings (SSSR count). The Balaban J connectivity index is 2.26. The molecule has 1 amide bonds. The Morgan fingerprint density at radius 1 is 1.39 bits per heavy atom. The van der Waals surface area contributed by atoms with Crippen LogP contribution in [0.1, 0.15) is 16.4 Å². The van der Waals surface area contributed by atoms with E-state index in [4.69, 9.17) is 5.11 Å². The third-order valence-electron chi connectivity index (χ3n) is 2.59. The van der Waals surface area contributed by atoms with Crippen LogP contribution >= 0.6 is 27.3 Å². The number of amides is 1. The van der Waals surface area contributed by atoms with Gasteiger partial charge in [-0.2, -0.15) is 0 Å². The summed E-state index contributed by atoms with van der Waals surface area (Å²) in [6, 6.07) is 11.9. The molecule has 0 saturated heterocycles. The van der Waals surface area contributed by atoms with Crippen LogP contribution in [0.2, 0.25) is 0 Å². The largest absolute Gasteiger partial charge is 0.465 e. The van der Waals surface area contributed by atoms with Crippen molar-refractivity contribution in [1.29, 1.82) is 0 Å². The molecule has 18 heavy (non-hydrogen) atoms. The zero-order valence-corrected chi connectivity index (χ0v) is 11.9. The van der Waals surface area contributed by atoms with Crippen molar-refractivity contribution in [2.75, 3.05) is 6.54 Å². The minimum atomic E-state index is -0.994. The fraction of sp³-hybridized carbons (Fsp3) is 0.154. The first-order valence-corrected chi connectivity index (χ1v) is 7.10. The molecule has 0 spiro atoms. The molecule has 0 aliphatic heterocycles. The topological polar surface area (TPSA) is 49.3 Å². The van der Waals surface area contributed by atoms with Crippen molar-refractivity contribution in [2.45, 2.75) is 5.92 Å². The number of halogens is 1. The van der Waals surface area contributed by atoms with Crippen LogP contribution in [-0.4, -0.2) is 17.7 Å². The van der Waals surface area contributed by atoms with Gasteiger partial charge in [-0.3, -0.25) is 0 Å². The second-order valence-corrected chi connectivity index (χ2v) is 5.68. The Kier molecular flexibility index (Phi) is 4.38. The molecule has 94 valence electrons. The zero-order valence-electron chi connectivity index (χ0n) is 9.47. The lowest BCUT2D eigenvalue weighted by molar-refractivity contribution is 0.194. The van der Waals surface area contributed by atoms with Crippen molar-refractivity contribution in [3.8, 4) is 0 Å². The Labute approximate surface area is 118 Å². The molecule has 2 aromatic rings. The maximum absolute atomic E-state index is 10.7. The van der Waals surface area contributed by atoms with Crippen LogP contribution in [0.25, 0.3) is 0 Å². The molecule has 0 fully saturated rings. The van der Waals surface area contributed by atoms with E-state index < -0.39 is 6.09 Å². The van der Waals surface area contributed by atoms with Gasteiger partial charge < -0.3 is 10.4 Å². The van der Waals surface area contributed by atoms with Crippen molar-refractivity contribution >= 4 is 33.4 Å². The number of rotatable bonds is 4. The first-order valence-electron chi connectivity index (χ1n) is 5.42. The number of nitrogens with one attached hydrogen (secondary N) is 1. The van der Waals surface area contributed by atoms with Gasteiger partial charge >= 0.3 is 6.09 Å². The van der Waals surface area contributed by atoms with Crippen molar-refractivity contribution < 1.29 is 9.90 Å². The molecule has 0 saturated carbocycles. The maximum atomic E-state index is 10.7. The molecule has 1 heterocycles. The van der Waals surface area contributed by atoms with Gasteiger partial charge in [0.15, 0.2) is 0 Å². The fourth-order valence-electron chi connectivity index (χ4n) is 1.77. The van der Waals surface area contributed by atoms with Crippen LogP contribution < -0.4 is 5.32 Å². The number of carbonyl (C=O) groups is 1. The van der Waals surface area contributed by atoms with Gasteiger partial charge in [-0.1, -0.05) is 30.3 Å². The molecular weight excluding hydrogens is 314 g/mol. The summed E-state index contributed by atoms with van der Waals surface area (Å²) in [5.74, 6) is 0.0543. The molecule has 0 aliphatic rings. The summed E-state index contributed by atoms with van der Waals surface area (Å²) in [6.45, 7) is 0.381. The highest BCUT2D eigenvalue weighted by molar-refractivity contribution is 9.10. The number of hydrogen-bond donors (Lipinski definition) is 2. The van der Waals surface area contributed by atoms with Crippen LogP contribution in [-0.2, 0) is 0 Å². The Morgan fingerprint density at radius 2 is 2.11 bits per heavy atom. The lowest BCUT2D eigenvalue weighted by Crippen LogP contribution is -2.26. The highest BCUT2D eigenvalue weighted by Crippen LogP contribution is 2.31. The van der Waals surface area contributed by atoms with Crippen molar-refractivity contribution in [1.82, 2.24) is 5.32 Å². The first kappa shape index (κ1) is 13.1. The predicted molar refractivity (Wildman–Crippen MR) is 76.3 cm³/mol. The van der Waals surface area contributed by atoms with E-state index in [9.17, 15) is 4.79 Å². The van der Waals surface area contributed by atoms with Crippen molar-refractivity contribution in [3.63, 3.8) is 0 Å². The minimum Gasteiger partial charge on any atom is -0.465 e. The van der Waals surface area contributed by atoms with E-state index in [1.165, 1.54) is 0 Å². The lowest BCUT2D eigenvalue weighted by atomic mass is 9.97. The Morgan fingerprint density at radius 3 is 2.67 bits per heavy atom. The highest BCUT2D eigenvalue weighted by atomic mass is 79.9. The second-order valence-electron chi connectivity index (χ2n) is 3.82. The summed E-state index contributed by atoms with van der Waals surface area (Å²) in [4.78, 5) is 11.8. The Hall–Kier alpha value is -1.33. The van der Waals surface area contributed by atoms with E-state index in [1.807, 2.05) is 41.8 Å². The number of hydrogen-bond acceptors (Lipinski definition) is 2. The summed E-state index contributed by atoms with van der Waals surface area (Å²) in [7, 11) is 0. The van der Waals surface area contributed by atoms with E-state index >= 15 is 0 Å². The summed E-state index contributed by atoms with van der Waals surface area (Å²) in [6.07, 6.45) is -0.994. The number of carboxylic acid groups (broad SMARTS) is 1.